The summed E-state index contributed by atoms with van der Waals surface area (Å²) in [6, 6.07) is 15.9. The first kappa shape index (κ1) is 16.3. The molecule has 4 aromatic rings. The van der Waals surface area contributed by atoms with Crippen LogP contribution >= 0.6 is 0 Å². The molecule has 0 atom stereocenters. The van der Waals surface area contributed by atoms with Crippen molar-refractivity contribution in [3.8, 4) is 5.88 Å². The van der Waals surface area contributed by atoms with E-state index in [0.717, 1.165) is 27.4 Å². The van der Waals surface area contributed by atoms with Gasteiger partial charge in [0.2, 0.25) is 5.88 Å². The highest BCUT2D eigenvalue weighted by Crippen LogP contribution is 2.37. The number of nitrogens with one attached hydrogen (secondary N) is 1. The van der Waals surface area contributed by atoms with E-state index in [0.29, 0.717) is 17.4 Å². The van der Waals surface area contributed by atoms with Crippen LogP contribution in [0.4, 0.5) is 11.5 Å². The normalized spacial score (nSPS) is 12.0. The number of aromatic hydroxyl groups is 1. The van der Waals surface area contributed by atoms with Crippen LogP contribution in [-0.2, 0) is 0 Å². The summed E-state index contributed by atoms with van der Waals surface area (Å²) in [5.41, 5.74) is 4.44. The Morgan fingerprint density at radius 1 is 1.00 bits per heavy atom. The number of aromatic amines is 1. The van der Waals surface area contributed by atoms with E-state index in [1.807, 2.05) is 49.4 Å². The maximum atomic E-state index is 10.2. The van der Waals surface area contributed by atoms with Crippen molar-refractivity contribution in [1.82, 2.24) is 9.97 Å². The zero-order valence-electron chi connectivity index (χ0n) is 15.0. The molecule has 0 aliphatic carbocycles. The van der Waals surface area contributed by atoms with Gasteiger partial charge in [0.15, 0.2) is 11.5 Å². The van der Waals surface area contributed by atoms with Crippen LogP contribution in [0.3, 0.4) is 0 Å². The number of rotatable bonds is 3. The van der Waals surface area contributed by atoms with Crippen LogP contribution in [0.2, 0.25) is 0 Å². The smallest absolute Gasteiger partial charge is 0.218 e. The maximum absolute atomic E-state index is 10.2. The van der Waals surface area contributed by atoms with Crippen molar-refractivity contribution in [2.45, 2.75) is 26.7 Å². The largest absolute Gasteiger partial charge is 0.493 e. The number of hydrogen-bond acceptors (Lipinski definition) is 4. The number of nitrogens with zero attached hydrogens (tertiary/aromatic N) is 3. The van der Waals surface area contributed by atoms with Gasteiger partial charge in [-0.25, -0.2) is 4.98 Å². The van der Waals surface area contributed by atoms with Crippen LogP contribution in [0.1, 0.15) is 30.9 Å². The van der Waals surface area contributed by atoms with Crippen molar-refractivity contribution in [3.63, 3.8) is 0 Å². The number of azo groups is 1. The van der Waals surface area contributed by atoms with Gasteiger partial charge in [-0.05, 0) is 48.2 Å². The molecule has 0 saturated heterocycles. The van der Waals surface area contributed by atoms with Gasteiger partial charge in [-0.15, -0.1) is 10.2 Å². The lowest BCUT2D eigenvalue weighted by Gasteiger charge is -2.04. The Balaban J connectivity index is 1.79. The number of hydrogen-bond donors (Lipinski definition) is 2. The van der Waals surface area contributed by atoms with Crippen LogP contribution in [0.25, 0.3) is 21.8 Å². The second kappa shape index (κ2) is 6.26. The number of aryl methyl sites for hydroxylation is 1. The quantitative estimate of drug-likeness (QED) is 0.430. The molecule has 0 bridgehead atoms. The molecule has 2 aromatic carbocycles. The highest BCUT2D eigenvalue weighted by molar-refractivity contribution is 5.94. The zero-order valence-corrected chi connectivity index (χ0v) is 15.0. The molecule has 0 saturated carbocycles. The molecule has 0 amide bonds. The van der Waals surface area contributed by atoms with Crippen LogP contribution in [-0.4, -0.2) is 15.1 Å². The molecule has 2 N–H and O–H groups in total. The SMILES string of the molecule is Cc1cc(N=Nc2c(O)[nH]c3ccc(C(C)C)cc23)nc2ccccc12. The van der Waals surface area contributed by atoms with Gasteiger partial charge in [0.05, 0.1) is 11.0 Å². The van der Waals surface area contributed by atoms with Crippen molar-refractivity contribution in [2.75, 3.05) is 0 Å². The van der Waals surface area contributed by atoms with Crippen molar-refractivity contribution in [3.05, 3.63) is 59.7 Å². The summed E-state index contributed by atoms with van der Waals surface area (Å²) >= 11 is 0. The van der Waals surface area contributed by atoms with Gasteiger partial charge in [-0.1, -0.05) is 38.1 Å². The summed E-state index contributed by atoms with van der Waals surface area (Å²) in [4.78, 5) is 7.49. The van der Waals surface area contributed by atoms with Crippen molar-refractivity contribution in [2.24, 2.45) is 10.2 Å². The minimum absolute atomic E-state index is 0.0159. The maximum Gasteiger partial charge on any atom is 0.218 e. The van der Waals surface area contributed by atoms with Gasteiger partial charge in [-0.3, -0.25) is 0 Å². The molecule has 0 radical (unpaired) electrons. The fourth-order valence-corrected chi connectivity index (χ4v) is 3.13. The van der Waals surface area contributed by atoms with Crippen LogP contribution in [0.15, 0.2) is 58.8 Å². The molecule has 5 heteroatoms. The Bertz CT molecular complexity index is 1140. The topological polar surface area (TPSA) is 73.6 Å². The monoisotopic (exact) mass is 344 g/mol. The fourth-order valence-electron chi connectivity index (χ4n) is 3.13. The predicted octanol–water partition coefficient (Wildman–Crippen LogP) is 6.27. The van der Waals surface area contributed by atoms with E-state index in [9.17, 15) is 5.11 Å². The molecular weight excluding hydrogens is 324 g/mol. The third-order valence-electron chi connectivity index (χ3n) is 4.60. The Kier molecular flexibility index (Phi) is 3.92. The minimum atomic E-state index is 0.0159. The summed E-state index contributed by atoms with van der Waals surface area (Å²) in [7, 11) is 0. The Morgan fingerprint density at radius 3 is 2.62 bits per heavy atom. The lowest BCUT2D eigenvalue weighted by molar-refractivity contribution is 0.459. The van der Waals surface area contributed by atoms with Gasteiger partial charge in [-0.2, -0.15) is 0 Å². The van der Waals surface area contributed by atoms with Crippen LogP contribution in [0.5, 0.6) is 5.88 Å². The minimum Gasteiger partial charge on any atom is -0.493 e. The summed E-state index contributed by atoms with van der Waals surface area (Å²) < 4.78 is 0. The fraction of sp³-hybridized carbons (Fsp3) is 0.190. The van der Waals surface area contributed by atoms with Crippen LogP contribution in [0, 0.1) is 6.92 Å². The van der Waals surface area contributed by atoms with Gasteiger partial charge in [0.1, 0.15) is 0 Å². The van der Waals surface area contributed by atoms with Gasteiger partial charge in [0.25, 0.3) is 0 Å². The Labute approximate surface area is 151 Å². The highest BCUT2D eigenvalue weighted by atomic mass is 16.3. The number of aromatic nitrogens is 2. The van der Waals surface area contributed by atoms with E-state index < -0.39 is 0 Å². The van der Waals surface area contributed by atoms with Gasteiger partial charge >= 0.3 is 0 Å². The number of H-pyrrole nitrogens is 1. The summed E-state index contributed by atoms with van der Waals surface area (Å²) in [6.45, 7) is 6.30. The third kappa shape index (κ3) is 2.81. The number of benzene rings is 2. The lowest BCUT2D eigenvalue weighted by atomic mass is 10.0. The summed E-state index contributed by atoms with van der Waals surface area (Å²) in [5.74, 6) is 0.933. The third-order valence-corrected chi connectivity index (χ3v) is 4.60. The van der Waals surface area contributed by atoms with Crippen LogP contribution < -0.4 is 0 Å². The molecule has 0 aliphatic heterocycles. The summed E-state index contributed by atoms with van der Waals surface area (Å²) in [6.07, 6.45) is 0. The number of para-hydroxylation sites is 1. The number of pyridine rings is 1. The molecule has 0 spiro atoms. The van der Waals surface area contributed by atoms with E-state index in [1.165, 1.54) is 5.56 Å². The van der Waals surface area contributed by atoms with E-state index in [2.05, 4.69) is 40.1 Å². The molecule has 26 heavy (non-hydrogen) atoms. The molecule has 130 valence electrons. The summed E-state index contributed by atoms with van der Waals surface area (Å²) in [5, 5.41) is 20.8. The zero-order chi connectivity index (χ0) is 18.3. The molecule has 4 rings (SSSR count). The predicted molar refractivity (Wildman–Crippen MR) is 105 cm³/mol. The number of fused-ring (bicyclic) bond motifs is 2. The van der Waals surface area contributed by atoms with E-state index >= 15 is 0 Å². The molecule has 0 aliphatic rings. The van der Waals surface area contributed by atoms with Crippen molar-refractivity contribution < 1.29 is 5.11 Å². The first-order chi connectivity index (χ1) is 12.5. The average molecular weight is 344 g/mol. The van der Waals surface area contributed by atoms with E-state index in [4.69, 9.17) is 0 Å². The molecule has 0 fully saturated rings. The second-order valence-corrected chi connectivity index (χ2v) is 6.80. The molecule has 2 aromatic heterocycles. The first-order valence-electron chi connectivity index (χ1n) is 8.65. The molecular formula is C21H20N4O. The van der Waals surface area contributed by atoms with Gasteiger partial charge in [0, 0.05) is 10.8 Å². The lowest BCUT2D eigenvalue weighted by Crippen LogP contribution is -1.85. The standard InChI is InChI=1S/C21H20N4O/c1-12(2)14-8-9-18-16(11-14)20(21(26)23-18)25-24-19-10-13(3)15-6-4-5-7-17(15)22-19/h4-12,23,26H,1-3H3. The van der Waals surface area contributed by atoms with E-state index in [-0.39, 0.29) is 5.88 Å². The molecule has 2 heterocycles. The van der Waals surface area contributed by atoms with Crippen molar-refractivity contribution >= 4 is 33.3 Å². The van der Waals surface area contributed by atoms with E-state index in [1.54, 1.807) is 0 Å². The Morgan fingerprint density at radius 2 is 1.81 bits per heavy atom. The van der Waals surface area contributed by atoms with Gasteiger partial charge < -0.3 is 10.1 Å². The molecule has 0 unspecified atom stereocenters. The average Bonchev–Trinajstić information content (AvgIpc) is 2.94. The molecule has 5 nitrogen and oxygen atoms in total. The first-order valence-corrected chi connectivity index (χ1v) is 8.65. The Hall–Kier alpha value is -3.21. The second-order valence-electron chi connectivity index (χ2n) is 6.80. The van der Waals surface area contributed by atoms with Crippen molar-refractivity contribution in [1.29, 1.82) is 0 Å². The highest BCUT2D eigenvalue weighted by Gasteiger charge is 2.12.